The summed E-state index contributed by atoms with van der Waals surface area (Å²) in [6, 6.07) is 7.44. The molecule has 59 heavy (non-hydrogen) atoms. The van der Waals surface area contributed by atoms with Crippen molar-refractivity contribution in [3.63, 3.8) is 0 Å². The lowest BCUT2D eigenvalue weighted by Gasteiger charge is -2.51. The Kier molecular flexibility index (Phi) is 12.6. The molecule has 314 valence electrons. The van der Waals surface area contributed by atoms with Gasteiger partial charge in [-0.1, -0.05) is 25.0 Å². The van der Waals surface area contributed by atoms with Crippen LogP contribution in [0.5, 0.6) is 5.75 Å². The third-order valence-electron chi connectivity index (χ3n) is 11.4. The molecule has 0 radical (unpaired) electrons. The number of hydrogen-bond donors (Lipinski definition) is 4. The number of piperidine rings is 1. The molecule has 7 rings (SSSR count). The van der Waals surface area contributed by atoms with Crippen molar-refractivity contribution in [3.8, 4) is 5.75 Å². The second-order valence-electron chi connectivity index (χ2n) is 15.4. The summed E-state index contributed by atoms with van der Waals surface area (Å²) in [5.41, 5.74) is 5.84. The zero-order valence-electron chi connectivity index (χ0n) is 32.5. The van der Waals surface area contributed by atoms with E-state index in [4.69, 9.17) is 19.9 Å². The standard InChI is InChI=1S/C40H48N8O11/c41-26-8-2-1-6-24-11-12-28(47(24)37(26)54)38(55)46-22-40(23-46,30-10-3-4-15-42-30)45-33(51)20-58-19-18-57-17-16-43-32(50)21-59-29-9-5-7-25-34(29)39(56)48(36(25)53)27-13-14-31(49)44-35(27)52/h3-5,7,9-10,15,24,26-28H,1-2,6,8,11-14,16-23,41H2,(H,43,50)(H,45,51)(H,44,49,52)/t24-,26+,27?,28+/m1/s1. The van der Waals surface area contributed by atoms with Crippen LogP contribution < -0.4 is 26.4 Å². The maximum absolute atomic E-state index is 13.8. The Hall–Kier alpha value is -5.79. The Balaban J connectivity index is 0.807. The minimum atomic E-state index is -1.13. The number of ether oxygens (including phenoxy) is 3. The summed E-state index contributed by atoms with van der Waals surface area (Å²) in [6.45, 7) is 0.113. The first-order valence-electron chi connectivity index (χ1n) is 20.0. The molecule has 5 aliphatic heterocycles. The van der Waals surface area contributed by atoms with Gasteiger partial charge in [-0.25, -0.2) is 0 Å². The lowest BCUT2D eigenvalue weighted by atomic mass is 9.84. The number of carbonyl (C=O) groups excluding carboxylic acids is 8. The number of aromatic nitrogens is 1. The zero-order valence-corrected chi connectivity index (χ0v) is 32.5. The Morgan fingerprint density at radius 1 is 0.864 bits per heavy atom. The molecule has 2 aromatic rings. The van der Waals surface area contributed by atoms with Crippen molar-refractivity contribution in [2.75, 3.05) is 52.7 Å². The molecule has 1 aromatic carbocycles. The Bertz CT molecular complexity index is 1990. The van der Waals surface area contributed by atoms with E-state index in [0.29, 0.717) is 18.5 Å². The van der Waals surface area contributed by atoms with E-state index in [9.17, 15) is 38.4 Å². The monoisotopic (exact) mass is 816 g/mol. The highest BCUT2D eigenvalue weighted by atomic mass is 16.5. The van der Waals surface area contributed by atoms with Crippen molar-refractivity contribution >= 4 is 47.3 Å². The number of amides is 8. The van der Waals surface area contributed by atoms with Gasteiger partial charge in [-0.05, 0) is 56.4 Å². The van der Waals surface area contributed by atoms with E-state index in [1.54, 1.807) is 28.1 Å². The molecule has 0 bridgehead atoms. The number of nitrogens with two attached hydrogens (primary N) is 1. The topological polar surface area (TPSA) is 249 Å². The van der Waals surface area contributed by atoms with E-state index in [2.05, 4.69) is 20.9 Å². The lowest BCUT2D eigenvalue weighted by molar-refractivity contribution is -0.154. The van der Waals surface area contributed by atoms with Gasteiger partial charge in [0, 0.05) is 25.2 Å². The first-order valence-corrected chi connectivity index (χ1v) is 20.0. The number of rotatable bonds is 15. The molecule has 5 aliphatic rings. The van der Waals surface area contributed by atoms with Crippen molar-refractivity contribution in [2.45, 2.75) is 81.1 Å². The molecular weight excluding hydrogens is 768 g/mol. The number of nitrogens with zero attached hydrogens (tertiary/aromatic N) is 4. The minimum Gasteiger partial charge on any atom is -0.483 e. The van der Waals surface area contributed by atoms with E-state index in [1.165, 1.54) is 18.2 Å². The number of hydrogen-bond acceptors (Lipinski definition) is 13. The maximum Gasteiger partial charge on any atom is 0.266 e. The lowest BCUT2D eigenvalue weighted by Crippen LogP contribution is -2.71. The molecule has 6 heterocycles. The van der Waals surface area contributed by atoms with Gasteiger partial charge in [0.1, 0.15) is 30.0 Å². The van der Waals surface area contributed by atoms with Gasteiger partial charge in [0.2, 0.25) is 29.5 Å². The van der Waals surface area contributed by atoms with Crippen LogP contribution in [0.2, 0.25) is 0 Å². The van der Waals surface area contributed by atoms with Crippen LogP contribution in [0.4, 0.5) is 0 Å². The van der Waals surface area contributed by atoms with Crippen LogP contribution >= 0.6 is 0 Å². The van der Waals surface area contributed by atoms with Crippen molar-refractivity contribution in [1.29, 1.82) is 0 Å². The normalized spacial score (nSPS) is 23.7. The molecule has 19 heteroatoms. The highest BCUT2D eigenvalue weighted by molar-refractivity contribution is 6.24. The molecule has 0 aliphatic carbocycles. The Morgan fingerprint density at radius 3 is 2.44 bits per heavy atom. The highest BCUT2D eigenvalue weighted by Crippen LogP contribution is 2.37. The average molecular weight is 817 g/mol. The second-order valence-corrected chi connectivity index (χ2v) is 15.4. The number of likely N-dealkylation sites (tertiary alicyclic amines) is 1. The van der Waals surface area contributed by atoms with Gasteiger partial charge < -0.3 is 40.4 Å². The molecule has 1 unspecified atom stereocenters. The molecule has 0 spiro atoms. The van der Waals surface area contributed by atoms with E-state index in [1.807, 2.05) is 6.07 Å². The fraction of sp³-hybridized carbons (Fsp3) is 0.525. The van der Waals surface area contributed by atoms with Gasteiger partial charge in [-0.3, -0.25) is 53.6 Å². The summed E-state index contributed by atoms with van der Waals surface area (Å²) < 4.78 is 16.6. The first-order chi connectivity index (χ1) is 28.5. The molecule has 4 saturated heterocycles. The third kappa shape index (κ3) is 8.81. The molecule has 5 N–H and O–H groups in total. The zero-order chi connectivity index (χ0) is 41.7. The average Bonchev–Trinajstić information content (AvgIpc) is 3.74. The van der Waals surface area contributed by atoms with Crippen LogP contribution in [0.1, 0.15) is 77.8 Å². The van der Waals surface area contributed by atoms with Crippen LogP contribution in [0.15, 0.2) is 42.6 Å². The largest absolute Gasteiger partial charge is 0.483 e. The highest BCUT2D eigenvalue weighted by Gasteiger charge is 2.53. The first kappa shape index (κ1) is 41.4. The summed E-state index contributed by atoms with van der Waals surface area (Å²) in [5, 5.41) is 7.78. The number of nitrogens with one attached hydrogen (secondary N) is 3. The predicted molar refractivity (Wildman–Crippen MR) is 204 cm³/mol. The second kappa shape index (κ2) is 18.0. The summed E-state index contributed by atoms with van der Waals surface area (Å²) in [4.78, 5) is 111. The number of imide groups is 2. The van der Waals surface area contributed by atoms with Crippen LogP contribution in [0.3, 0.4) is 0 Å². The molecule has 0 saturated carbocycles. The molecule has 1 aromatic heterocycles. The Labute approximate surface area is 339 Å². The molecule has 8 amide bonds. The van der Waals surface area contributed by atoms with Gasteiger partial charge in [-0.15, -0.1) is 0 Å². The molecule has 4 atom stereocenters. The number of carbonyl (C=O) groups is 8. The van der Waals surface area contributed by atoms with Gasteiger partial charge in [0.25, 0.3) is 17.7 Å². The van der Waals surface area contributed by atoms with Crippen LogP contribution in [-0.2, 0) is 43.8 Å². The molecule has 4 fully saturated rings. The van der Waals surface area contributed by atoms with Crippen molar-refractivity contribution < 1.29 is 52.6 Å². The van der Waals surface area contributed by atoms with Gasteiger partial charge in [-0.2, -0.15) is 0 Å². The van der Waals surface area contributed by atoms with Crippen molar-refractivity contribution in [3.05, 3.63) is 59.4 Å². The quantitative estimate of drug-likeness (QED) is 0.126. The summed E-state index contributed by atoms with van der Waals surface area (Å²) >= 11 is 0. The fourth-order valence-electron chi connectivity index (χ4n) is 8.47. The summed E-state index contributed by atoms with van der Waals surface area (Å²) in [5.74, 6) is -3.87. The SMILES string of the molecule is N[C@H]1CCCC[C@@H]2CC[C@@H](C(=O)N3CC(NC(=O)COCCOCCNC(=O)COc4cccc5c4C(=O)N(C4CCC(=O)NC4=O)C5=O)(c4ccccn4)C3)N2C1=O. The van der Waals surface area contributed by atoms with E-state index >= 15 is 0 Å². The van der Waals surface area contributed by atoms with E-state index in [-0.39, 0.29) is 93.6 Å². The van der Waals surface area contributed by atoms with Crippen molar-refractivity contribution in [2.24, 2.45) is 5.73 Å². The number of pyridine rings is 1. The van der Waals surface area contributed by atoms with E-state index < -0.39 is 65.7 Å². The van der Waals surface area contributed by atoms with Gasteiger partial charge in [0.15, 0.2) is 6.61 Å². The van der Waals surface area contributed by atoms with Crippen LogP contribution in [0.25, 0.3) is 0 Å². The minimum absolute atomic E-state index is 0.00545. The molecule has 19 nitrogen and oxygen atoms in total. The van der Waals surface area contributed by atoms with Crippen LogP contribution in [0, 0.1) is 0 Å². The van der Waals surface area contributed by atoms with Gasteiger partial charge >= 0.3 is 0 Å². The Morgan fingerprint density at radius 2 is 1.66 bits per heavy atom. The van der Waals surface area contributed by atoms with Gasteiger partial charge in [0.05, 0.1) is 55.8 Å². The smallest absolute Gasteiger partial charge is 0.266 e. The number of benzene rings is 1. The van der Waals surface area contributed by atoms with E-state index in [0.717, 1.165) is 30.6 Å². The summed E-state index contributed by atoms with van der Waals surface area (Å²) in [6.07, 6.45) is 6.30. The predicted octanol–water partition coefficient (Wildman–Crippen LogP) is -0.874. The van der Waals surface area contributed by atoms with Crippen molar-refractivity contribution in [1.82, 2.24) is 35.6 Å². The summed E-state index contributed by atoms with van der Waals surface area (Å²) in [7, 11) is 0. The van der Waals surface area contributed by atoms with Crippen LogP contribution in [-0.4, -0.2) is 144 Å². The number of fused-ring (bicyclic) bond motifs is 2. The maximum atomic E-state index is 13.8. The third-order valence-corrected chi connectivity index (χ3v) is 11.4. The fourth-order valence-corrected chi connectivity index (χ4v) is 8.47. The molecular formula is C40H48N8O11.